The summed E-state index contributed by atoms with van der Waals surface area (Å²) >= 11 is 0. The van der Waals surface area contributed by atoms with Gasteiger partial charge in [-0.25, -0.2) is 9.97 Å². The summed E-state index contributed by atoms with van der Waals surface area (Å²) in [7, 11) is 1.92. The first-order chi connectivity index (χ1) is 9.31. The van der Waals surface area contributed by atoms with Crippen LogP contribution in [-0.2, 0) is 20.0 Å². The summed E-state index contributed by atoms with van der Waals surface area (Å²) in [6, 6.07) is 1.99. The molecule has 5 heteroatoms. The van der Waals surface area contributed by atoms with Gasteiger partial charge in [0, 0.05) is 44.2 Å². The molecule has 3 heterocycles. The molecule has 1 aliphatic carbocycles. The first-order valence-corrected chi connectivity index (χ1v) is 6.91. The fourth-order valence-corrected chi connectivity index (χ4v) is 2.71. The minimum atomic E-state index is 0.652. The lowest BCUT2D eigenvalue weighted by Gasteiger charge is -2.19. The van der Waals surface area contributed by atoms with Gasteiger partial charge in [-0.15, -0.1) is 0 Å². The maximum absolute atomic E-state index is 4.80. The summed E-state index contributed by atoms with van der Waals surface area (Å²) in [5.74, 6) is 1.45. The second kappa shape index (κ2) is 4.13. The molecule has 19 heavy (non-hydrogen) atoms. The third kappa shape index (κ3) is 1.94. The molecule has 1 saturated carbocycles. The molecule has 0 aromatic carbocycles. The van der Waals surface area contributed by atoms with Crippen LogP contribution < -0.4 is 5.32 Å². The minimum Gasteiger partial charge on any atom is -0.312 e. The highest BCUT2D eigenvalue weighted by Gasteiger charge is 2.31. The lowest BCUT2D eigenvalue weighted by Crippen LogP contribution is -2.26. The number of aryl methyl sites for hydroxylation is 1. The molecule has 0 radical (unpaired) electrons. The fraction of sp³-hybridized carbons (Fsp3) is 0.500. The van der Waals surface area contributed by atoms with Crippen LogP contribution in [0.15, 0.2) is 12.3 Å². The molecule has 0 saturated heterocycles. The molecule has 0 bridgehead atoms. The first kappa shape index (κ1) is 11.1. The van der Waals surface area contributed by atoms with Gasteiger partial charge in [0.1, 0.15) is 5.69 Å². The highest BCUT2D eigenvalue weighted by atomic mass is 15.3. The van der Waals surface area contributed by atoms with E-state index in [4.69, 9.17) is 9.97 Å². The summed E-state index contributed by atoms with van der Waals surface area (Å²) < 4.78 is 1.80. The van der Waals surface area contributed by atoms with Crippen molar-refractivity contribution in [3.8, 4) is 11.5 Å². The van der Waals surface area contributed by atoms with E-state index in [9.17, 15) is 0 Å². The van der Waals surface area contributed by atoms with Gasteiger partial charge in [0.15, 0.2) is 5.82 Å². The number of nitrogens with one attached hydrogen (secondary N) is 1. The maximum Gasteiger partial charge on any atom is 0.180 e. The molecule has 0 spiro atoms. The van der Waals surface area contributed by atoms with Crippen LogP contribution in [0.2, 0.25) is 0 Å². The minimum absolute atomic E-state index is 0.652. The van der Waals surface area contributed by atoms with Gasteiger partial charge in [0.2, 0.25) is 0 Å². The van der Waals surface area contributed by atoms with Gasteiger partial charge in [-0.2, -0.15) is 5.10 Å². The second-order valence-corrected chi connectivity index (χ2v) is 5.43. The topological polar surface area (TPSA) is 55.6 Å². The number of nitrogens with zero attached hydrogens (tertiary/aromatic N) is 4. The molecular weight excluding hydrogens is 238 g/mol. The van der Waals surface area contributed by atoms with Crippen molar-refractivity contribution in [2.75, 3.05) is 6.54 Å². The summed E-state index contributed by atoms with van der Waals surface area (Å²) in [6.45, 7) is 1.93. The quantitative estimate of drug-likeness (QED) is 0.881. The lowest BCUT2D eigenvalue weighted by molar-refractivity contribution is 0.617. The van der Waals surface area contributed by atoms with Crippen molar-refractivity contribution < 1.29 is 0 Å². The Morgan fingerprint density at radius 2 is 2.21 bits per heavy atom. The molecule has 0 amide bonds. The molecular formula is C14H17N5. The van der Waals surface area contributed by atoms with Gasteiger partial charge in [-0.1, -0.05) is 0 Å². The molecule has 98 valence electrons. The zero-order valence-electron chi connectivity index (χ0n) is 11.1. The first-order valence-electron chi connectivity index (χ1n) is 6.91. The smallest absolute Gasteiger partial charge is 0.180 e. The molecule has 1 aliphatic heterocycles. The highest BCUT2D eigenvalue weighted by Crippen LogP contribution is 2.42. The third-order valence-corrected chi connectivity index (χ3v) is 3.87. The molecule has 5 nitrogen and oxygen atoms in total. The van der Waals surface area contributed by atoms with Crippen LogP contribution in [0.4, 0.5) is 0 Å². The molecule has 2 aliphatic rings. The number of hydrogen-bond donors (Lipinski definition) is 1. The predicted octanol–water partition coefficient (Wildman–Crippen LogP) is 1.40. The van der Waals surface area contributed by atoms with E-state index < -0.39 is 0 Å². The van der Waals surface area contributed by atoms with Gasteiger partial charge in [0.05, 0.1) is 11.4 Å². The molecule has 2 aromatic rings. The average molecular weight is 255 g/mol. The van der Waals surface area contributed by atoms with Crippen LogP contribution in [0.1, 0.15) is 35.7 Å². The van der Waals surface area contributed by atoms with Gasteiger partial charge in [-0.05, 0) is 18.9 Å². The Labute approximate surface area is 112 Å². The number of fused-ring (bicyclic) bond motifs is 1. The third-order valence-electron chi connectivity index (χ3n) is 3.87. The van der Waals surface area contributed by atoms with Gasteiger partial charge < -0.3 is 5.32 Å². The van der Waals surface area contributed by atoms with Gasteiger partial charge in [0.25, 0.3) is 0 Å². The Kier molecular flexibility index (Phi) is 2.41. The molecule has 0 unspecified atom stereocenters. The van der Waals surface area contributed by atoms with Crippen LogP contribution in [0.25, 0.3) is 11.5 Å². The van der Waals surface area contributed by atoms with Crippen molar-refractivity contribution in [3.63, 3.8) is 0 Å². The maximum atomic E-state index is 4.80. The van der Waals surface area contributed by atoms with Crippen LogP contribution in [-0.4, -0.2) is 26.3 Å². The molecule has 1 N–H and O–H groups in total. The van der Waals surface area contributed by atoms with E-state index >= 15 is 0 Å². The van der Waals surface area contributed by atoms with Crippen molar-refractivity contribution in [2.45, 2.75) is 31.7 Å². The van der Waals surface area contributed by atoms with E-state index in [1.54, 1.807) is 4.68 Å². The molecule has 1 fully saturated rings. The molecule has 2 aromatic heterocycles. The summed E-state index contributed by atoms with van der Waals surface area (Å²) in [4.78, 5) is 9.55. The lowest BCUT2D eigenvalue weighted by atomic mass is 10.0. The monoisotopic (exact) mass is 255 g/mol. The molecule has 0 atom stereocenters. The highest BCUT2D eigenvalue weighted by molar-refractivity contribution is 5.51. The standard InChI is InChI=1S/C14H17N5/c1-19-7-5-12(18-19)14-16-11-4-6-15-8-10(11)13(17-14)9-2-3-9/h5,7,9,15H,2-4,6,8H2,1H3. The van der Waals surface area contributed by atoms with E-state index in [0.29, 0.717) is 5.92 Å². The van der Waals surface area contributed by atoms with E-state index in [1.807, 2.05) is 19.3 Å². The van der Waals surface area contributed by atoms with Crippen LogP contribution >= 0.6 is 0 Å². The second-order valence-electron chi connectivity index (χ2n) is 5.43. The van der Waals surface area contributed by atoms with Crippen molar-refractivity contribution >= 4 is 0 Å². The van der Waals surface area contributed by atoms with E-state index in [1.165, 1.54) is 29.8 Å². The number of hydrogen-bond acceptors (Lipinski definition) is 4. The normalized spacial score (nSPS) is 18.4. The summed E-state index contributed by atoms with van der Waals surface area (Å²) in [6.07, 6.45) is 5.48. The van der Waals surface area contributed by atoms with Crippen molar-refractivity contribution in [1.29, 1.82) is 0 Å². The Morgan fingerprint density at radius 1 is 1.32 bits per heavy atom. The van der Waals surface area contributed by atoms with Crippen molar-refractivity contribution in [1.82, 2.24) is 25.1 Å². The summed E-state index contributed by atoms with van der Waals surface area (Å²) in [5, 5.41) is 7.85. The zero-order chi connectivity index (χ0) is 12.8. The Hall–Kier alpha value is -1.75. The Balaban J connectivity index is 1.85. The Bertz CT molecular complexity index is 627. The zero-order valence-corrected chi connectivity index (χ0v) is 11.1. The van der Waals surface area contributed by atoms with Crippen LogP contribution in [0.5, 0.6) is 0 Å². The SMILES string of the molecule is Cn1ccc(-c2nc3c(c(C4CC4)n2)CNCC3)n1. The van der Waals surface area contributed by atoms with E-state index in [2.05, 4.69) is 10.4 Å². The van der Waals surface area contributed by atoms with E-state index in [-0.39, 0.29) is 0 Å². The number of aromatic nitrogens is 4. The summed E-state index contributed by atoms with van der Waals surface area (Å²) in [5.41, 5.74) is 4.70. The molecule has 4 rings (SSSR count). The van der Waals surface area contributed by atoms with Crippen LogP contribution in [0.3, 0.4) is 0 Å². The van der Waals surface area contributed by atoms with Gasteiger partial charge in [-0.3, -0.25) is 4.68 Å². The largest absolute Gasteiger partial charge is 0.312 e. The fourth-order valence-electron chi connectivity index (χ4n) is 2.71. The van der Waals surface area contributed by atoms with E-state index in [0.717, 1.165) is 31.0 Å². The van der Waals surface area contributed by atoms with Crippen molar-refractivity contribution in [3.05, 3.63) is 29.2 Å². The van der Waals surface area contributed by atoms with Gasteiger partial charge >= 0.3 is 0 Å². The number of rotatable bonds is 2. The average Bonchev–Trinajstić information content (AvgIpc) is 3.19. The Morgan fingerprint density at radius 3 is 2.95 bits per heavy atom. The van der Waals surface area contributed by atoms with Crippen molar-refractivity contribution in [2.24, 2.45) is 7.05 Å². The predicted molar refractivity (Wildman–Crippen MR) is 71.6 cm³/mol. The van der Waals surface area contributed by atoms with Crippen LogP contribution in [0, 0.1) is 0 Å².